The number of aryl methyl sites for hydroxylation is 1. The van der Waals surface area contributed by atoms with Crippen LogP contribution in [0.3, 0.4) is 0 Å². The van der Waals surface area contributed by atoms with Crippen molar-refractivity contribution in [2.75, 3.05) is 0 Å². The average Bonchev–Trinajstić information content (AvgIpc) is 2.64. The zero-order chi connectivity index (χ0) is 18.2. The lowest BCUT2D eigenvalue weighted by molar-refractivity contribution is 0.168. The Balaban J connectivity index is 1.34. The number of unbranched alkanes of at least 4 members (excludes halogenated alkanes) is 2. The molecule has 2 aliphatic carbocycles. The van der Waals surface area contributed by atoms with Crippen molar-refractivity contribution in [2.45, 2.75) is 110 Å². The van der Waals surface area contributed by atoms with Crippen LogP contribution in [0, 0.1) is 17.8 Å². The topological polar surface area (TPSA) is 0 Å². The number of hydrogen-bond donors (Lipinski definition) is 0. The molecule has 0 heteroatoms. The molecule has 2 fully saturated rings. The fraction of sp³-hybridized carbons (Fsp3) is 0.769. The van der Waals surface area contributed by atoms with Gasteiger partial charge in [0.25, 0.3) is 0 Å². The molecule has 3 rings (SSSR count). The highest BCUT2D eigenvalue weighted by molar-refractivity contribution is 5.26. The van der Waals surface area contributed by atoms with Gasteiger partial charge >= 0.3 is 0 Å². The van der Waals surface area contributed by atoms with Crippen LogP contribution in [0.2, 0.25) is 0 Å². The van der Waals surface area contributed by atoms with Crippen molar-refractivity contribution in [3.05, 3.63) is 35.4 Å². The third-order valence-electron chi connectivity index (χ3n) is 7.39. The summed E-state index contributed by atoms with van der Waals surface area (Å²) in [5.41, 5.74) is 3.19. The molecule has 1 aromatic carbocycles. The Morgan fingerprint density at radius 2 is 1.38 bits per heavy atom. The second-order valence-electron chi connectivity index (χ2n) is 9.49. The van der Waals surface area contributed by atoms with Gasteiger partial charge in [0.1, 0.15) is 0 Å². The molecule has 0 nitrogen and oxygen atoms in total. The Morgan fingerprint density at radius 1 is 0.692 bits per heavy atom. The summed E-state index contributed by atoms with van der Waals surface area (Å²) in [6.07, 6.45) is 20.1. The standard InChI is InChI=1S/C26H42/c1-3-5-6-8-23-19-24(20-23)10-9-22-13-17-26(18-14-22)25-15-11-21(7-4-2)12-16-25/h13-14,17-18,21,23-25H,3-12,15-16,19-20H2,1-2H3. The summed E-state index contributed by atoms with van der Waals surface area (Å²) in [6.45, 7) is 4.65. The first kappa shape index (κ1) is 20.0. The number of hydrogen-bond acceptors (Lipinski definition) is 0. The van der Waals surface area contributed by atoms with Crippen molar-refractivity contribution in [3.8, 4) is 0 Å². The van der Waals surface area contributed by atoms with E-state index in [9.17, 15) is 0 Å². The summed E-state index contributed by atoms with van der Waals surface area (Å²) >= 11 is 0. The van der Waals surface area contributed by atoms with Crippen LogP contribution in [0.5, 0.6) is 0 Å². The fourth-order valence-corrected chi connectivity index (χ4v) is 5.55. The average molecular weight is 355 g/mol. The quantitative estimate of drug-likeness (QED) is 0.371. The molecule has 0 atom stereocenters. The van der Waals surface area contributed by atoms with E-state index in [1.807, 2.05) is 0 Å². The monoisotopic (exact) mass is 354 g/mol. The second kappa shape index (κ2) is 10.5. The van der Waals surface area contributed by atoms with Crippen LogP contribution in [-0.2, 0) is 6.42 Å². The minimum Gasteiger partial charge on any atom is -0.0654 e. The van der Waals surface area contributed by atoms with Crippen LogP contribution in [0.4, 0.5) is 0 Å². The van der Waals surface area contributed by atoms with Crippen molar-refractivity contribution < 1.29 is 0 Å². The van der Waals surface area contributed by atoms with Crippen molar-refractivity contribution >= 4 is 0 Å². The van der Waals surface area contributed by atoms with E-state index in [2.05, 4.69) is 38.1 Å². The molecule has 0 unspecified atom stereocenters. The van der Waals surface area contributed by atoms with E-state index >= 15 is 0 Å². The Bertz CT molecular complexity index is 485. The van der Waals surface area contributed by atoms with Crippen molar-refractivity contribution in [1.29, 1.82) is 0 Å². The second-order valence-corrected chi connectivity index (χ2v) is 9.49. The van der Waals surface area contributed by atoms with E-state index in [0.29, 0.717) is 0 Å². The predicted octanol–water partition coefficient (Wildman–Crippen LogP) is 8.30. The van der Waals surface area contributed by atoms with Crippen LogP contribution < -0.4 is 0 Å². The zero-order valence-corrected chi connectivity index (χ0v) is 17.5. The normalized spacial score (nSPS) is 28.7. The predicted molar refractivity (Wildman–Crippen MR) is 115 cm³/mol. The van der Waals surface area contributed by atoms with Gasteiger partial charge in [0.2, 0.25) is 0 Å². The summed E-state index contributed by atoms with van der Waals surface area (Å²) in [5, 5.41) is 0. The number of rotatable bonds is 10. The Kier molecular flexibility index (Phi) is 8.08. The third kappa shape index (κ3) is 5.86. The van der Waals surface area contributed by atoms with E-state index in [0.717, 1.165) is 23.7 Å². The highest BCUT2D eigenvalue weighted by atomic mass is 14.3. The smallest absolute Gasteiger partial charge is 0.0162 e. The van der Waals surface area contributed by atoms with Crippen LogP contribution >= 0.6 is 0 Å². The lowest BCUT2D eigenvalue weighted by Gasteiger charge is -2.35. The molecule has 0 aliphatic heterocycles. The molecule has 26 heavy (non-hydrogen) atoms. The molecule has 0 N–H and O–H groups in total. The molecule has 146 valence electrons. The molecule has 1 aromatic rings. The van der Waals surface area contributed by atoms with Gasteiger partial charge in [-0.05, 0) is 86.2 Å². The summed E-state index contributed by atoms with van der Waals surface area (Å²) in [5.74, 6) is 3.95. The largest absolute Gasteiger partial charge is 0.0654 e. The number of benzene rings is 1. The van der Waals surface area contributed by atoms with E-state index in [1.165, 1.54) is 89.9 Å². The molecule has 0 aromatic heterocycles. The van der Waals surface area contributed by atoms with Gasteiger partial charge in [0.15, 0.2) is 0 Å². The van der Waals surface area contributed by atoms with E-state index < -0.39 is 0 Å². The Morgan fingerprint density at radius 3 is 2.04 bits per heavy atom. The molecular formula is C26H42. The van der Waals surface area contributed by atoms with Crippen LogP contribution in [0.1, 0.15) is 114 Å². The summed E-state index contributed by atoms with van der Waals surface area (Å²) in [7, 11) is 0. The molecule has 0 saturated heterocycles. The summed E-state index contributed by atoms with van der Waals surface area (Å²) in [6, 6.07) is 9.78. The van der Waals surface area contributed by atoms with E-state index in [-0.39, 0.29) is 0 Å². The first-order valence-electron chi connectivity index (χ1n) is 11.9. The van der Waals surface area contributed by atoms with Gasteiger partial charge in [0.05, 0.1) is 0 Å². The summed E-state index contributed by atoms with van der Waals surface area (Å²) < 4.78 is 0. The van der Waals surface area contributed by atoms with Crippen molar-refractivity contribution in [3.63, 3.8) is 0 Å². The highest BCUT2D eigenvalue weighted by Crippen LogP contribution is 2.40. The SMILES string of the molecule is CCCCCC1CC(CCc2ccc(C3CCC(CCC)CC3)cc2)C1. The Hall–Kier alpha value is -0.780. The molecule has 2 saturated carbocycles. The van der Waals surface area contributed by atoms with Crippen molar-refractivity contribution in [2.24, 2.45) is 17.8 Å². The highest BCUT2D eigenvalue weighted by Gasteiger charge is 2.28. The van der Waals surface area contributed by atoms with E-state index in [4.69, 9.17) is 0 Å². The maximum absolute atomic E-state index is 2.45. The molecular weight excluding hydrogens is 312 g/mol. The first-order valence-corrected chi connectivity index (χ1v) is 11.9. The van der Waals surface area contributed by atoms with Gasteiger partial charge in [-0.25, -0.2) is 0 Å². The van der Waals surface area contributed by atoms with Crippen LogP contribution in [-0.4, -0.2) is 0 Å². The van der Waals surface area contributed by atoms with Crippen molar-refractivity contribution in [1.82, 2.24) is 0 Å². The van der Waals surface area contributed by atoms with Crippen LogP contribution in [0.25, 0.3) is 0 Å². The summed E-state index contributed by atoms with van der Waals surface area (Å²) in [4.78, 5) is 0. The van der Waals surface area contributed by atoms with Gasteiger partial charge in [-0.1, -0.05) is 76.6 Å². The van der Waals surface area contributed by atoms with Crippen LogP contribution in [0.15, 0.2) is 24.3 Å². The van der Waals surface area contributed by atoms with Gasteiger partial charge in [0, 0.05) is 0 Å². The molecule has 0 spiro atoms. The van der Waals surface area contributed by atoms with E-state index in [1.54, 1.807) is 11.1 Å². The lowest BCUT2D eigenvalue weighted by atomic mass is 9.70. The first-order chi connectivity index (χ1) is 12.8. The minimum absolute atomic E-state index is 0.840. The molecule has 0 bridgehead atoms. The maximum atomic E-state index is 2.45. The van der Waals surface area contributed by atoms with Gasteiger partial charge < -0.3 is 0 Å². The third-order valence-corrected chi connectivity index (χ3v) is 7.39. The van der Waals surface area contributed by atoms with Gasteiger partial charge in [-0.2, -0.15) is 0 Å². The molecule has 0 heterocycles. The Labute approximate surface area is 163 Å². The van der Waals surface area contributed by atoms with Gasteiger partial charge in [-0.15, -0.1) is 0 Å². The minimum atomic E-state index is 0.840. The van der Waals surface area contributed by atoms with Gasteiger partial charge in [-0.3, -0.25) is 0 Å². The maximum Gasteiger partial charge on any atom is -0.0162 e. The molecule has 0 amide bonds. The molecule has 0 radical (unpaired) electrons. The molecule has 2 aliphatic rings. The lowest BCUT2D eigenvalue weighted by Crippen LogP contribution is -2.24. The fourth-order valence-electron chi connectivity index (χ4n) is 5.55. The zero-order valence-electron chi connectivity index (χ0n) is 17.5.